The summed E-state index contributed by atoms with van der Waals surface area (Å²) in [6.45, 7) is 2.01. The van der Waals surface area contributed by atoms with Crippen LogP contribution in [0.2, 0.25) is 0 Å². The number of benzene rings is 2. The van der Waals surface area contributed by atoms with Crippen LogP contribution in [0.5, 0.6) is 0 Å². The van der Waals surface area contributed by atoms with Crippen LogP contribution in [0.4, 0.5) is 5.69 Å². The van der Waals surface area contributed by atoms with Crippen molar-refractivity contribution in [3.05, 3.63) is 82.9 Å². The average molecular weight is 451 g/mol. The molecule has 7 heteroatoms. The number of carbonyl (C=O) groups is 2. The van der Waals surface area contributed by atoms with E-state index in [1.807, 2.05) is 60.0 Å². The first kappa shape index (κ1) is 21.2. The maximum absolute atomic E-state index is 13.1. The Hall–Kier alpha value is -3.03. The van der Waals surface area contributed by atoms with Gasteiger partial charge < -0.3 is 14.6 Å². The highest BCUT2D eigenvalue weighted by molar-refractivity contribution is 8.00. The maximum atomic E-state index is 13.1. The summed E-state index contributed by atoms with van der Waals surface area (Å²) < 4.78 is 7.15. The summed E-state index contributed by atoms with van der Waals surface area (Å²) in [5, 5.41) is 5.95. The van der Waals surface area contributed by atoms with E-state index in [-0.39, 0.29) is 11.8 Å². The SMILES string of the molecule is CC(=O)N(C)Cc1cccc(NC(=O)c2oc3ccccc3c2CSc2cccs2)c1. The molecule has 0 radical (unpaired) electrons. The van der Waals surface area contributed by atoms with Crippen molar-refractivity contribution in [3.8, 4) is 0 Å². The number of furan rings is 1. The summed E-state index contributed by atoms with van der Waals surface area (Å²) in [6.07, 6.45) is 0. The molecule has 5 nitrogen and oxygen atoms in total. The Morgan fingerprint density at radius 3 is 2.71 bits per heavy atom. The highest BCUT2D eigenvalue weighted by atomic mass is 32.2. The normalized spacial score (nSPS) is 10.9. The number of hydrogen-bond acceptors (Lipinski definition) is 5. The molecule has 0 fully saturated rings. The van der Waals surface area contributed by atoms with E-state index in [0.29, 0.717) is 29.3 Å². The number of amides is 2. The van der Waals surface area contributed by atoms with E-state index in [4.69, 9.17) is 4.42 Å². The zero-order valence-electron chi connectivity index (χ0n) is 17.3. The summed E-state index contributed by atoms with van der Waals surface area (Å²) in [5.74, 6) is 0.681. The van der Waals surface area contributed by atoms with Gasteiger partial charge in [0.05, 0.1) is 4.21 Å². The lowest BCUT2D eigenvalue weighted by Crippen LogP contribution is -2.23. The minimum atomic E-state index is -0.282. The van der Waals surface area contributed by atoms with E-state index in [9.17, 15) is 9.59 Å². The Morgan fingerprint density at radius 1 is 1.10 bits per heavy atom. The van der Waals surface area contributed by atoms with Gasteiger partial charge in [0.25, 0.3) is 5.91 Å². The van der Waals surface area contributed by atoms with E-state index in [0.717, 1.165) is 16.5 Å². The summed E-state index contributed by atoms with van der Waals surface area (Å²) in [4.78, 5) is 26.3. The number of rotatable bonds is 7. The van der Waals surface area contributed by atoms with Crippen molar-refractivity contribution in [2.24, 2.45) is 0 Å². The number of thiophene rings is 1. The zero-order valence-corrected chi connectivity index (χ0v) is 18.9. The molecular weight excluding hydrogens is 428 g/mol. The fourth-order valence-electron chi connectivity index (χ4n) is 3.23. The second-order valence-electron chi connectivity index (χ2n) is 7.16. The van der Waals surface area contributed by atoms with Gasteiger partial charge in [-0.05, 0) is 35.2 Å². The molecule has 158 valence electrons. The molecule has 2 aromatic carbocycles. The van der Waals surface area contributed by atoms with Gasteiger partial charge in [-0.25, -0.2) is 0 Å². The predicted molar refractivity (Wildman–Crippen MR) is 127 cm³/mol. The third-order valence-corrected chi connectivity index (χ3v) is 7.06. The van der Waals surface area contributed by atoms with Crippen molar-refractivity contribution in [3.63, 3.8) is 0 Å². The maximum Gasteiger partial charge on any atom is 0.291 e. The molecule has 1 N–H and O–H groups in total. The molecule has 0 saturated carbocycles. The second-order valence-corrected chi connectivity index (χ2v) is 9.38. The highest BCUT2D eigenvalue weighted by Crippen LogP contribution is 2.34. The molecule has 0 bridgehead atoms. The molecule has 2 heterocycles. The van der Waals surface area contributed by atoms with Crippen LogP contribution in [0.25, 0.3) is 11.0 Å². The average Bonchev–Trinajstić information content (AvgIpc) is 3.40. The van der Waals surface area contributed by atoms with Crippen molar-refractivity contribution in [1.82, 2.24) is 4.90 Å². The molecule has 31 heavy (non-hydrogen) atoms. The summed E-state index contributed by atoms with van der Waals surface area (Å²) >= 11 is 3.37. The predicted octanol–water partition coefficient (Wildman–Crippen LogP) is 6.02. The number of anilines is 1. The van der Waals surface area contributed by atoms with E-state index >= 15 is 0 Å². The number of carbonyl (C=O) groups excluding carboxylic acids is 2. The number of nitrogens with one attached hydrogen (secondary N) is 1. The summed E-state index contributed by atoms with van der Waals surface area (Å²) in [6, 6.07) is 19.3. The Morgan fingerprint density at radius 2 is 1.94 bits per heavy atom. The van der Waals surface area contributed by atoms with Crippen LogP contribution in [0.1, 0.15) is 28.6 Å². The van der Waals surface area contributed by atoms with Crippen molar-refractivity contribution in [2.45, 2.75) is 23.4 Å². The van der Waals surface area contributed by atoms with Crippen molar-refractivity contribution in [1.29, 1.82) is 0 Å². The van der Waals surface area contributed by atoms with Crippen LogP contribution in [0.15, 0.2) is 74.7 Å². The van der Waals surface area contributed by atoms with Crippen LogP contribution in [-0.4, -0.2) is 23.8 Å². The first-order valence-corrected chi connectivity index (χ1v) is 11.7. The monoisotopic (exact) mass is 450 g/mol. The Balaban J connectivity index is 1.57. The van der Waals surface area contributed by atoms with Gasteiger partial charge in [-0.2, -0.15) is 0 Å². The van der Waals surface area contributed by atoms with Crippen molar-refractivity contribution in [2.75, 3.05) is 12.4 Å². The van der Waals surface area contributed by atoms with Crippen LogP contribution >= 0.6 is 23.1 Å². The van der Waals surface area contributed by atoms with E-state index in [1.54, 1.807) is 35.0 Å². The number of para-hydroxylation sites is 1. The zero-order chi connectivity index (χ0) is 21.8. The minimum absolute atomic E-state index is 0.00963. The van der Waals surface area contributed by atoms with Crippen LogP contribution in [-0.2, 0) is 17.1 Å². The smallest absolute Gasteiger partial charge is 0.291 e. The summed E-state index contributed by atoms with van der Waals surface area (Å²) in [7, 11) is 1.75. The first-order valence-electron chi connectivity index (χ1n) is 9.80. The van der Waals surface area contributed by atoms with Gasteiger partial charge in [-0.15, -0.1) is 23.1 Å². The molecule has 0 aliphatic rings. The lowest BCUT2D eigenvalue weighted by atomic mass is 10.1. The molecule has 0 saturated heterocycles. The van der Waals surface area contributed by atoms with E-state index in [1.165, 1.54) is 11.1 Å². The van der Waals surface area contributed by atoms with Gasteiger partial charge in [-0.3, -0.25) is 9.59 Å². The third-order valence-electron chi connectivity index (χ3n) is 4.90. The highest BCUT2D eigenvalue weighted by Gasteiger charge is 2.21. The number of thioether (sulfide) groups is 1. The molecule has 0 aliphatic heterocycles. The van der Waals surface area contributed by atoms with E-state index < -0.39 is 0 Å². The molecule has 0 atom stereocenters. The molecule has 4 rings (SSSR count). The fraction of sp³-hybridized carbons (Fsp3) is 0.167. The van der Waals surface area contributed by atoms with E-state index in [2.05, 4.69) is 11.4 Å². The van der Waals surface area contributed by atoms with Gasteiger partial charge in [0.1, 0.15) is 5.58 Å². The van der Waals surface area contributed by atoms with Crippen LogP contribution in [0, 0.1) is 0 Å². The minimum Gasteiger partial charge on any atom is -0.451 e. The van der Waals surface area contributed by atoms with Crippen molar-refractivity contribution >= 4 is 51.6 Å². The molecule has 2 amide bonds. The number of fused-ring (bicyclic) bond motifs is 1. The van der Waals surface area contributed by atoms with Gasteiger partial charge >= 0.3 is 0 Å². The Labute approximate surface area is 189 Å². The molecule has 4 aromatic rings. The van der Waals surface area contributed by atoms with Crippen LogP contribution in [0.3, 0.4) is 0 Å². The third kappa shape index (κ3) is 5.00. The van der Waals surface area contributed by atoms with Gasteiger partial charge in [-0.1, -0.05) is 36.4 Å². The lowest BCUT2D eigenvalue weighted by molar-refractivity contribution is -0.128. The molecular formula is C24H22N2O3S2. The largest absolute Gasteiger partial charge is 0.451 e. The Kier molecular flexibility index (Phi) is 6.44. The molecule has 2 aromatic heterocycles. The standard InChI is InChI=1S/C24H22N2O3S2/c1-16(27)26(2)14-17-7-5-8-18(13-17)25-24(28)23-20(15-31-22-11-6-12-30-22)19-9-3-4-10-21(19)29-23/h3-13H,14-15H2,1-2H3,(H,25,28). The topological polar surface area (TPSA) is 62.6 Å². The van der Waals surface area contributed by atoms with Gasteiger partial charge in [0.2, 0.25) is 5.91 Å². The van der Waals surface area contributed by atoms with Crippen molar-refractivity contribution < 1.29 is 14.0 Å². The molecule has 0 aliphatic carbocycles. The fourth-order valence-corrected chi connectivity index (χ4v) is 5.05. The number of nitrogens with zero attached hydrogens (tertiary/aromatic N) is 1. The van der Waals surface area contributed by atoms with Gasteiger partial charge in [0, 0.05) is 42.9 Å². The molecule has 0 unspecified atom stereocenters. The molecule has 0 spiro atoms. The number of hydrogen-bond donors (Lipinski definition) is 1. The quantitative estimate of drug-likeness (QED) is 0.350. The lowest BCUT2D eigenvalue weighted by Gasteiger charge is -2.15. The Bertz CT molecular complexity index is 1210. The van der Waals surface area contributed by atoms with Gasteiger partial charge in [0.15, 0.2) is 5.76 Å². The second kappa shape index (κ2) is 9.41. The summed E-state index contributed by atoms with van der Waals surface area (Å²) in [5.41, 5.74) is 3.19. The first-order chi connectivity index (χ1) is 15.0. The van der Waals surface area contributed by atoms with Crippen LogP contribution < -0.4 is 5.32 Å².